The van der Waals surface area contributed by atoms with Gasteiger partial charge in [0.25, 0.3) is 0 Å². The molecule has 0 spiro atoms. The van der Waals surface area contributed by atoms with Crippen molar-refractivity contribution >= 4 is 5.97 Å². The Morgan fingerprint density at radius 3 is 1.63 bits per heavy atom. The molecule has 0 aliphatic carbocycles. The average Bonchev–Trinajstić information content (AvgIpc) is 2.98. The standard InChI is InChI=1S/C30H30O8/c1-19(31)34-23-17-32-28(20-11-5-2-6-12-20)36-25(23)27-26-24(35-30(38-27)22-15-9-4-10-16-22)18-33-29(37-26)21-13-7-3-8-14-21/h2-16,23-30H,17-18H2,1H3. The summed E-state index contributed by atoms with van der Waals surface area (Å²) >= 11 is 0. The zero-order chi connectivity index (χ0) is 25.9. The van der Waals surface area contributed by atoms with Gasteiger partial charge in [-0.2, -0.15) is 0 Å². The monoisotopic (exact) mass is 518 g/mol. The van der Waals surface area contributed by atoms with Crippen molar-refractivity contribution in [2.24, 2.45) is 0 Å². The number of carbonyl (C=O) groups excluding carboxylic acids is 1. The second-order valence-electron chi connectivity index (χ2n) is 9.52. The highest BCUT2D eigenvalue weighted by Gasteiger charge is 2.53. The van der Waals surface area contributed by atoms with E-state index in [2.05, 4.69) is 0 Å². The number of carbonyl (C=O) groups is 1. The van der Waals surface area contributed by atoms with Gasteiger partial charge in [0, 0.05) is 23.6 Å². The van der Waals surface area contributed by atoms with Crippen molar-refractivity contribution in [1.29, 1.82) is 0 Å². The first-order valence-electron chi connectivity index (χ1n) is 12.8. The molecule has 6 rings (SSSR count). The van der Waals surface area contributed by atoms with E-state index in [1.165, 1.54) is 6.92 Å². The third kappa shape index (κ3) is 5.37. The highest BCUT2D eigenvalue weighted by molar-refractivity contribution is 5.66. The van der Waals surface area contributed by atoms with E-state index in [-0.39, 0.29) is 6.61 Å². The van der Waals surface area contributed by atoms with Crippen molar-refractivity contribution in [2.75, 3.05) is 13.2 Å². The van der Waals surface area contributed by atoms with Gasteiger partial charge in [-0.05, 0) is 0 Å². The number of hydrogen-bond acceptors (Lipinski definition) is 8. The van der Waals surface area contributed by atoms with Crippen LogP contribution in [0.15, 0.2) is 91.0 Å². The Bertz CT molecular complexity index is 1190. The van der Waals surface area contributed by atoms with Gasteiger partial charge in [-0.1, -0.05) is 91.0 Å². The van der Waals surface area contributed by atoms with Crippen LogP contribution in [0.25, 0.3) is 0 Å². The summed E-state index contributed by atoms with van der Waals surface area (Å²) in [5.41, 5.74) is 2.61. The number of fused-ring (bicyclic) bond motifs is 1. The van der Waals surface area contributed by atoms with E-state index >= 15 is 0 Å². The van der Waals surface area contributed by atoms with Gasteiger partial charge in [0.05, 0.1) is 13.2 Å². The molecule has 3 saturated heterocycles. The topological polar surface area (TPSA) is 81.7 Å². The fraction of sp³-hybridized carbons (Fsp3) is 0.367. The van der Waals surface area contributed by atoms with Gasteiger partial charge in [-0.15, -0.1) is 0 Å². The quantitative estimate of drug-likeness (QED) is 0.453. The van der Waals surface area contributed by atoms with Crippen molar-refractivity contribution in [2.45, 2.75) is 56.3 Å². The average molecular weight is 519 g/mol. The van der Waals surface area contributed by atoms with Crippen molar-refractivity contribution in [1.82, 2.24) is 0 Å². The summed E-state index contributed by atoms with van der Waals surface area (Å²) < 4.78 is 43.7. The van der Waals surface area contributed by atoms with Crippen molar-refractivity contribution < 1.29 is 38.0 Å². The van der Waals surface area contributed by atoms with Crippen molar-refractivity contribution in [3.05, 3.63) is 108 Å². The fourth-order valence-corrected chi connectivity index (χ4v) is 5.11. The number of hydrogen-bond donors (Lipinski definition) is 0. The maximum absolute atomic E-state index is 12.0. The van der Waals surface area contributed by atoms with Crippen LogP contribution >= 0.6 is 0 Å². The smallest absolute Gasteiger partial charge is 0.303 e. The molecule has 0 aromatic heterocycles. The first-order valence-corrected chi connectivity index (χ1v) is 12.8. The predicted molar refractivity (Wildman–Crippen MR) is 134 cm³/mol. The van der Waals surface area contributed by atoms with Crippen LogP contribution in [0, 0.1) is 0 Å². The maximum Gasteiger partial charge on any atom is 0.303 e. The fourth-order valence-electron chi connectivity index (χ4n) is 5.11. The summed E-state index contributed by atoms with van der Waals surface area (Å²) in [6.45, 7) is 1.82. The molecule has 3 heterocycles. The van der Waals surface area contributed by atoms with Gasteiger partial charge in [-0.3, -0.25) is 4.79 Å². The molecular weight excluding hydrogens is 488 g/mol. The van der Waals surface area contributed by atoms with Gasteiger partial charge in [-0.25, -0.2) is 0 Å². The summed E-state index contributed by atoms with van der Waals surface area (Å²) in [5, 5.41) is 0. The molecule has 3 aromatic rings. The molecule has 38 heavy (non-hydrogen) atoms. The van der Waals surface area contributed by atoms with Crippen LogP contribution in [0.3, 0.4) is 0 Å². The van der Waals surface area contributed by atoms with E-state index in [0.29, 0.717) is 6.61 Å². The highest BCUT2D eigenvalue weighted by atomic mass is 16.8. The second kappa shape index (κ2) is 11.3. The minimum atomic E-state index is -0.700. The van der Waals surface area contributed by atoms with Crippen LogP contribution in [0.1, 0.15) is 42.5 Å². The van der Waals surface area contributed by atoms with E-state index < -0.39 is 55.4 Å². The Morgan fingerprint density at radius 2 is 1.08 bits per heavy atom. The Labute approximate surface area is 221 Å². The molecule has 3 aromatic carbocycles. The van der Waals surface area contributed by atoms with Crippen LogP contribution in [-0.4, -0.2) is 49.7 Å². The Balaban J connectivity index is 1.34. The van der Waals surface area contributed by atoms with Crippen LogP contribution in [-0.2, 0) is 38.0 Å². The minimum Gasteiger partial charge on any atom is -0.457 e. The summed E-state index contributed by atoms with van der Waals surface area (Å²) in [5.74, 6) is -0.427. The first kappa shape index (κ1) is 25.2. The lowest BCUT2D eigenvalue weighted by Gasteiger charge is -2.50. The highest BCUT2D eigenvalue weighted by Crippen LogP contribution is 2.42. The second-order valence-corrected chi connectivity index (χ2v) is 9.52. The van der Waals surface area contributed by atoms with Crippen molar-refractivity contribution in [3.8, 4) is 0 Å². The van der Waals surface area contributed by atoms with E-state index in [4.69, 9.17) is 33.2 Å². The molecule has 3 fully saturated rings. The largest absolute Gasteiger partial charge is 0.457 e. The molecule has 3 aliphatic heterocycles. The normalized spacial score (nSPS) is 33.2. The van der Waals surface area contributed by atoms with Crippen LogP contribution in [0.4, 0.5) is 0 Å². The summed E-state index contributed by atoms with van der Waals surface area (Å²) in [7, 11) is 0. The number of benzene rings is 3. The molecule has 198 valence electrons. The summed E-state index contributed by atoms with van der Waals surface area (Å²) in [4.78, 5) is 12.0. The number of esters is 1. The Morgan fingerprint density at radius 1 is 0.605 bits per heavy atom. The molecule has 0 amide bonds. The van der Waals surface area contributed by atoms with Crippen LogP contribution < -0.4 is 0 Å². The lowest BCUT2D eigenvalue weighted by atomic mass is 9.95. The number of rotatable bonds is 5. The molecule has 3 aliphatic rings. The van der Waals surface area contributed by atoms with Gasteiger partial charge in [0.2, 0.25) is 0 Å². The van der Waals surface area contributed by atoms with E-state index in [1.54, 1.807) is 0 Å². The summed E-state index contributed by atoms with van der Waals surface area (Å²) in [6.07, 6.45) is -4.94. The van der Waals surface area contributed by atoms with Gasteiger partial charge in [0.15, 0.2) is 25.0 Å². The summed E-state index contributed by atoms with van der Waals surface area (Å²) in [6, 6.07) is 29.1. The SMILES string of the molecule is CC(=O)OC1COC(c2ccccc2)OC1C1OC(c2ccccc2)OC2COC(c3ccccc3)OC21. The molecule has 0 bridgehead atoms. The molecule has 0 N–H and O–H groups in total. The van der Waals surface area contributed by atoms with Crippen LogP contribution in [0.2, 0.25) is 0 Å². The lowest BCUT2D eigenvalue weighted by Crippen LogP contribution is -2.62. The third-order valence-electron chi connectivity index (χ3n) is 6.88. The van der Waals surface area contributed by atoms with Gasteiger partial charge in [0.1, 0.15) is 24.4 Å². The molecule has 0 radical (unpaired) electrons. The lowest BCUT2D eigenvalue weighted by molar-refractivity contribution is -0.391. The van der Waals surface area contributed by atoms with Crippen LogP contribution in [0.5, 0.6) is 0 Å². The third-order valence-corrected chi connectivity index (χ3v) is 6.88. The zero-order valence-corrected chi connectivity index (χ0v) is 21.0. The van der Waals surface area contributed by atoms with Gasteiger partial charge < -0.3 is 33.2 Å². The Hall–Kier alpha value is -3.11. The van der Waals surface area contributed by atoms with E-state index in [0.717, 1.165) is 16.7 Å². The molecule has 8 heteroatoms. The molecule has 8 atom stereocenters. The maximum atomic E-state index is 12.0. The first-order chi connectivity index (χ1) is 18.7. The molecule has 0 saturated carbocycles. The molecule has 8 unspecified atom stereocenters. The molecular formula is C30H30O8. The van der Waals surface area contributed by atoms with Gasteiger partial charge >= 0.3 is 5.97 Å². The predicted octanol–water partition coefficient (Wildman–Crippen LogP) is 4.63. The molecule has 8 nitrogen and oxygen atoms in total. The van der Waals surface area contributed by atoms with E-state index in [1.807, 2.05) is 91.0 Å². The van der Waals surface area contributed by atoms with Crippen molar-refractivity contribution in [3.63, 3.8) is 0 Å². The minimum absolute atomic E-state index is 0.149. The zero-order valence-electron chi connectivity index (χ0n) is 21.0. The van der Waals surface area contributed by atoms with E-state index in [9.17, 15) is 4.79 Å². The Kier molecular flexibility index (Phi) is 7.51. The number of ether oxygens (including phenoxy) is 7.